The largest absolute Gasteiger partial charge is 0.330 e. The lowest BCUT2D eigenvalue weighted by Crippen LogP contribution is -2.26. The topological polar surface area (TPSA) is 42.3 Å². The van der Waals surface area contributed by atoms with E-state index in [1.54, 1.807) is 38.5 Å². The third kappa shape index (κ3) is 4.29. The number of aromatic nitrogens is 1. The van der Waals surface area contributed by atoms with Crippen molar-refractivity contribution in [2.45, 2.75) is 12.3 Å². The Bertz CT molecular complexity index is 1290. The van der Waals surface area contributed by atoms with Gasteiger partial charge in [0.1, 0.15) is 0 Å². The minimum atomic E-state index is -0.244. The lowest BCUT2D eigenvalue weighted by Gasteiger charge is -2.11. The van der Waals surface area contributed by atoms with Gasteiger partial charge in [0.25, 0.3) is 0 Å². The molecule has 4 nitrogen and oxygen atoms in total. The van der Waals surface area contributed by atoms with E-state index in [2.05, 4.69) is 12.1 Å². The molecular weight excluding hydrogens is 443 g/mol. The summed E-state index contributed by atoms with van der Waals surface area (Å²) in [6.45, 7) is 0. The summed E-state index contributed by atoms with van der Waals surface area (Å²) >= 11 is 12.3. The number of ketones is 1. The van der Waals surface area contributed by atoms with E-state index in [0.29, 0.717) is 32.9 Å². The lowest BCUT2D eigenvalue weighted by atomic mass is 9.99. The Morgan fingerprint density at radius 3 is 2.06 bits per heavy atom. The lowest BCUT2D eigenvalue weighted by molar-refractivity contribution is 0.104. The first-order valence-electron chi connectivity index (χ1n) is 10.2. The molecule has 4 rings (SSSR count). The molecule has 1 aromatic heterocycles. The number of amides is 1. The zero-order valence-electron chi connectivity index (χ0n) is 17.8. The van der Waals surface area contributed by atoms with Gasteiger partial charge in [-0.15, -0.1) is 11.6 Å². The highest BCUT2D eigenvalue weighted by molar-refractivity contribution is 6.37. The second kappa shape index (κ2) is 9.19. The number of nitrogens with zero attached hydrogens (tertiary/aromatic N) is 2. The van der Waals surface area contributed by atoms with Gasteiger partial charge in [-0.25, -0.2) is 4.79 Å². The summed E-state index contributed by atoms with van der Waals surface area (Å²) in [5.74, 6) is 0.323. The summed E-state index contributed by atoms with van der Waals surface area (Å²) in [4.78, 5) is 27.4. The zero-order valence-corrected chi connectivity index (χ0v) is 19.3. The Kier molecular flexibility index (Phi) is 6.35. The van der Waals surface area contributed by atoms with Crippen LogP contribution in [0.2, 0.25) is 5.02 Å². The van der Waals surface area contributed by atoms with Crippen molar-refractivity contribution in [3.05, 3.63) is 106 Å². The Labute approximate surface area is 197 Å². The predicted octanol–water partition coefficient (Wildman–Crippen LogP) is 6.39. The summed E-state index contributed by atoms with van der Waals surface area (Å²) in [5.41, 5.74) is 4.92. The number of hydrogen-bond donors (Lipinski definition) is 0. The standard InChI is InChI=1S/C26H22Cl2N2O2/c1-29(2)26(32)30-16-21(24-22(28)4-3-5-23(24)30)25(31)20-12-10-18(11-13-20)14-17-6-8-19(15-27)9-7-17/h3-13,16H,14-15H2,1-2H3. The Balaban J connectivity index is 1.65. The van der Waals surface area contributed by atoms with Gasteiger partial charge in [0, 0.05) is 37.1 Å². The third-order valence-electron chi connectivity index (χ3n) is 5.41. The van der Waals surface area contributed by atoms with Gasteiger partial charge >= 0.3 is 6.03 Å². The van der Waals surface area contributed by atoms with Crippen LogP contribution >= 0.6 is 23.2 Å². The molecule has 0 bridgehead atoms. The highest BCUT2D eigenvalue weighted by Crippen LogP contribution is 2.31. The van der Waals surface area contributed by atoms with Crippen LogP contribution in [0.4, 0.5) is 4.79 Å². The van der Waals surface area contributed by atoms with Crippen molar-refractivity contribution in [1.29, 1.82) is 0 Å². The second-order valence-electron chi connectivity index (χ2n) is 7.88. The van der Waals surface area contributed by atoms with Crippen LogP contribution in [0.15, 0.2) is 72.9 Å². The number of benzene rings is 3. The summed E-state index contributed by atoms with van der Waals surface area (Å²) in [7, 11) is 3.34. The molecule has 1 heterocycles. The minimum absolute atomic E-state index is 0.175. The maximum Gasteiger partial charge on any atom is 0.328 e. The number of rotatable bonds is 5. The van der Waals surface area contributed by atoms with Crippen molar-refractivity contribution in [2.24, 2.45) is 0 Å². The van der Waals surface area contributed by atoms with E-state index >= 15 is 0 Å². The van der Waals surface area contributed by atoms with Crippen LogP contribution in [0, 0.1) is 0 Å². The normalized spacial score (nSPS) is 11.0. The molecule has 0 N–H and O–H groups in total. The second-order valence-corrected chi connectivity index (χ2v) is 8.55. The summed E-state index contributed by atoms with van der Waals surface area (Å²) in [5, 5.41) is 1.02. The van der Waals surface area contributed by atoms with Crippen LogP contribution in [0.5, 0.6) is 0 Å². The van der Waals surface area contributed by atoms with Gasteiger partial charge in [0.15, 0.2) is 5.78 Å². The molecule has 0 unspecified atom stereocenters. The van der Waals surface area contributed by atoms with Gasteiger partial charge in [-0.05, 0) is 35.2 Å². The van der Waals surface area contributed by atoms with Crippen molar-refractivity contribution < 1.29 is 9.59 Å². The number of hydrogen-bond acceptors (Lipinski definition) is 2. The van der Waals surface area contributed by atoms with Crippen LogP contribution < -0.4 is 0 Å². The van der Waals surface area contributed by atoms with Crippen molar-refractivity contribution >= 4 is 45.9 Å². The molecule has 0 spiro atoms. The molecule has 0 aliphatic carbocycles. The number of fused-ring (bicyclic) bond motifs is 1. The fraction of sp³-hybridized carbons (Fsp3) is 0.154. The molecule has 0 radical (unpaired) electrons. The molecule has 0 atom stereocenters. The zero-order chi connectivity index (χ0) is 22.8. The molecule has 0 saturated heterocycles. The molecule has 0 fully saturated rings. The third-order valence-corrected chi connectivity index (χ3v) is 6.04. The number of alkyl halides is 1. The van der Waals surface area contributed by atoms with Gasteiger partial charge in [-0.3, -0.25) is 9.36 Å². The van der Waals surface area contributed by atoms with Crippen molar-refractivity contribution in [1.82, 2.24) is 9.47 Å². The minimum Gasteiger partial charge on any atom is -0.330 e. The van der Waals surface area contributed by atoms with E-state index in [0.717, 1.165) is 17.5 Å². The maximum absolute atomic E-state index is 13.3. The maximum atomic E-state index is 13.3. The van der Waals surface area contributed by atoms with Crippen LogP contribution in [0.3, 0.4) is 0 Å². The average molecular weight is 465 g/mol. The van der Waals surface area contributed by atoms with Crippen LogP contribution in [-0.4, -0.2) is 35.4 Å². The smallest absolute Gasteiger partial charge is 0.328 e. The van der Waals surface area contributed by atoms with Crippen LogP contribution in [0.25, 0.3) is 10.9 Å². The van der Waals surface area contributed by atoms with Gasteiger partial charge in [0.05, 0.1) is 16.1 Å². The van der Waals surface area contributed by atoms with Gasteiger partial charge < -0.3 is 4.90 Å². The van der Waals surface area contributed by atoms with Crippen LogP contribution in [-0.2, 0) is 12.3 Å². The van der Waals surface area contributed by atoms with Crippen molar-refractivity contribution in [3.63, 3.8) is 0 Å². The molecule has 0 saturated carbocycles. The fourth-order valence-electron chi connectivity index (χ4n) is 3.70. The highest BCUT2D eigenvalue weighted by Gasteiger charge is 2.22. The molecular formula is C26H22Cl2N2O2. The predicted molar refractivity (Wildman–Crippen MR) is 130 cm³/mol. The monoisotopic (exact) mass is 464 g/mol. The van der Waals surface area contributed by atoms with Crippen LogP contribution in [0.1, 0.15) is 32.6 Å². The highest BCUT2D eigenvalue weighted by atomic mass is 35.5. The summed E-state index contributed by atoms with van der Waals surface area (Å²) in [6.07, 6.45) is 2.34. The average Bonchev–Trinajstić information content (AvgIpc) is 3.20. The molecule has 32 heavy (non-hydrogen) atoms. The Morgan fingerprint density at radius 2 is 1.47 bits per heavy atom. The van der Waals surface area contributed by atoms with E-state index in [1.807, 2.05) is 36.4 Å². The number of halogens is 2. The van der Waals surface area contributed by atoms with Crippen molar-refractivity contribution in [3.8, 4) is 0 Å². The molecule has 1 amide bonds. The molecule has 0 aliphatic heterocycles. The SMILES string of the molecule is CN(C)C(=O)n1cc(C(=O)c2ccc(Cc3ccc(CCl)cc3)cc2)c2c(Cl)cccc21. The molecule has 6 heteroatoms. The van der Waals surface area contributed by atoms with Crippen molar-refractivity contribution in [2.75, 3.05) is 14.1 Å². The first-order valence-corrected chi connectivity index (χ1v) is 11.1. The van der Waals surface area contributed by atoms with E-state index in [4.69, 9.17) is 23.2 Å². The number of carbonyl (C=O) groups excluding carboxylic acids is 2. The van der Waals surface area contributed by atoms with E-state index in [1.165, 1.54) is 15.0 Å². The first-order chi connectivity index (χ1) is 15.4. The van der Waals surface area contributed by atoms with E-state index in [9.17, 15) is 9.59 Å². The molecule has 162 valence electrons. The molecule has 0 aliphatic rings. The Hall–Kier alpha value is -3.08. The van der Waals surface area contributed by atoms with Gasteiger partial charge in [0.2, 0.25) is 0 Å². The first kappa shape index (κ1) is 22.1. The molecule has 3 aromatic carbocycles. The summed E-state index contributed by atoms with van der Waals surface area (Å²) < 4.78 is 1.47. The quantitative estimate of drug-likeness (QED) is 0.253. The number of carbonyl (C=O) groups is 2. The fourth-order valence-corrected chi connectivity index (χ4v) is 4.15. The summed E-state index contributed by atoms with van der Waals surface area (Å²) in [6, 6.07) is 20.8. The van der Waals surface area contributed by atoms with E-state index in [-0.39, 0.29) is 11.8 Å². The van der Waals surface area contributed by atoms with Gasteiger partial charge in [-0.2, -0.15) is 0 Å². The van der Waals surface area contributed by atoms with Gasteiger partial charge in [-0.1, -0.05) is 66.2 Å². The molecule has 4 aromatic rings. The Morgan fingerprint density at radius 1 is 0.875 bits per heavy atom. The van der Waals surface area contributed by atoms with E-state index < -0.39 is 0 Å².